The van der Waals surface area contributed by atoms with Crippen LogP contribution in [0.4, 0.5) is 4.39 Å². The summed E-state index contributed by atoms with van der Waals surface area (Å²) in [6.07, 6.45) is 6.16. The summed E-state index contributed by atoms with van der Waals surface area (Å²) in [7, 11) is 2.02. The van der Waals surface area contributed by atoms with E-state index in [1.807, 2.05) is 13.1 Å². The van der Waals surface area contributed by atoms with Crippen molar-refractivity contribution in [2.45, 2.75) is 38.6 Å². The second kappa shape index (κ2) is 7.70. The van der Waals surface area contributed by atoms with E-state index in [2.05, 4.69) is 22.1 Å². The van der Waals surface area contributed by atoms with Crippen molar-refractivity contribution in [1.29, 1.82) is 0 Å². The van der Waals surface area contributed by atoms with Crippen LogP contribution in [-0.2, 0) is 0 Å². The molecule has 1 saturated heterocycles. The predicted molar refractivity (Wildman–Crippen MR) is 80.1 cm³/mol. The van der Waals surface area contributed by atoms with Crippen molar-refractivity contribution in [1.82, 2.24) is 15.2 Å². The molecule has 3 nitrogen and oxygen atoms in total. The first kappa shape index (κ1) is 15.4. The van der Waals surface area contributed by atoms with E-state index in [1.165, 1.54) is 31.5 Å². The highest BCUT2D eigenvalue weighted by Crippen LogP contribution is 2.29. The van der Waals surface area contributed by atoms with Crippen LogP contribution in [0.2, 0.25) is 0 Å². The van der Waals surface area contributed by atoms with Crippen LogP contribution in [-0.4, -0.2) is 36.6 Å². The van der Waals surface area contributed by atoms with Crippen LogP contribution in [0.1, 0.15) is 44.3 Å². The van der Waals surface area contributed by atoms with Crippen molar-refractivity contribution in [2.75, 3.05) is 26.7 Å². The maximum absolute atomic E-state index is 13.0. The number of nitrogens with zero attached hydrogens (tertiary/aromatic N) is 2. The number of rotatable bonds is 6. The molecule has 1 aromatic rings. The Balaban J connectivity index is 1.91. The van der Waals surface area contributed by atoms with Crippen LogP contribution in [0.25, 0.3) is 0 Å². The summed E-state index contributed by atoms with van der Waals surface area (Å²) in [5.74, 6) is 0.590. The van der Waals surface area contributed by atoms with Crippen LogP contribution in [0, 0.1) is 11.7 Å². The van der Waals surface area contributed by atoms with Gasteiger partial charge in [0.05, 0.1) is 17.9 Å². The van der Waals surface area contributed by atoms with Gasteiger partial charge in [-0.15, -0.1) is 0 Å². The van der Waals surface area contributed by atoms with Gasteiger partial charge in [-0.25, -0.2) is 4.39 Å². The third-order valence-electron chi connectivity index (χ3n) is 4.37. The maximum Gasteiger partial charge on any atom is 0.141 e. The van der Waals surface area contributed by atoms with Crippen LogP contribution in [0.3, 0.4) is 0 Å². The number of pyridine rings is 1. The van der Waals surface area contributed by atoms with Gasteiger partial charge in [-0.3, -0.25) is 9.88 Å². The van der Waals surface area contributed by atoms with Gasteiger partial charge in [0.2, 0.25) is 0 Å². The first-order valence-electron chi connectivity index (χ1n) is 7.74. The van der Waals surface area contributed by atoms with E-state index >= 15 is 0 Å². The zero-order chi connectivity index (χ0) is 14.4. The highest BCUT2D eigenvalue weighted by atomic mass is 19.1. The van der Waals surface area contributed by atoms with E-state index in [1.54, 1.807) is 0 Å². The molecule has 0 bridgehead atoms. The maximum atomic E-state index is 13.0. The summed E-state index contributed by atoms with van der Waals surface area (Å²) in [6, 6.07) is 3.68. The minimum atomic E-state index is -0.255. The molecular formula is C16H26FN3. The second-order valence-corrected chi connectivity index (χ2v) is 5.70. The van der Waals surface area contributed by atoms with Crippen molar-refractivity contribution in [2.24, 2.45) is 5.92 Å². The monoisotopic (exact) mass is 279 g/mol. The molecule has 0 spiro atoms. The molecule has 112 valence electrons. The van der Waals surface area contributed by atoms with Gasteiger partial charge < -0.3 is 5.32 Å². The van der Waals surface area contributed by atoms with E-state index in [-0.39, 0.29) is 5.82 Å². The third kappa shape index (κ3) is 4.00. The average molecular weight is 279 g/mol. The van der Waals surface area contributed by atoms with Gasteiger partial charge >= 0.3 is 0 Å². The predicted octanol–water partition coefficient (Wildman–Crippen LogP) is 2.99. The Morgan fingerprint density at radius 3 is 2.70 bits per heavy atom. The number of hydrogen-bond acceptors (Lipinski definition) is 3. The Labute approximate surface area is 121 Å². The van der Waals surface area contributed by atoms with Crippen molar-refractivity contribution in [3.05, 3.63) is 29.8 Å². The minimum absolute atomic E-state index is 0.255. The molecule has 0 aliphatic carbocycles. The Morgan fingerprint density at radius 2 is 2.15 bits per heavy atom. The molecule has 2 heterocycles. The standard InChI is InChI=1S/C16H26FN3/c1-3-16(15-5-4-14(17)12-19-15)20-10-7-13(8-11-20)6-9-18-2/h4-5,12-13,16,18H,3,6-11H2,1-2H3. The van der Waals surface area contributed by atoms with Gasteiger partial charge in [0.25, 0.3) is 0 Å². The first-order valence-corrected chi connectivity index (χ1v) is 7.74. The van der Waals surface area contributed by atoms with Crippen LogP contribution in [0.15, 0.2) is 18.3 Å². The Hall–Kier alpha value is -1.00. The highest BCUT2D eigenvalue weighted by Gasteiger charge is 2.25. The molecule has 1 aliphatic heterocycles. The molecule has 4 heteroatoms. The molecule has 0 saturated carbocycles. The number of piperidine rings is 1. The van der Waals surface area contributed by atoms with E-state index in [4.69, 9.17) is 0 Å². The summed E-state index contributed by atoms with van der Waals surface area (Å²) in [5.41, 5.74) is 1.00. The first-order chi connectivity index (χ1) is 9.74. The molecule has 1 aromatic heterocycles. The number of nitrogens with one attached hydrogen (secondary N) is 1. The lowest BCUT2D eigenvalue weighted by molar-refractivity contribution is 0.123. The summed E-state index contributed by atoms with van der Waals surface area (Å²) < 4.78 is 13.0. The SMILES string of the molecule is CCC(c1ccc(F)cn1)N1CCC(CCNC)CC1. The Kier molecular flexibility index (Phi) is 5.92. The van der Waals surface area contributed by atoms with E-state index in [9.17, 15) is 4.39 Å². The third-order valence-corrected chi connectivity index (χ3v) is 4.37. The second-order valence-electron chi connectivity index (χ2n) is 5.70. The van der Waals surface area contributed by atoms with Gasteiger partial charge in [0.1, 0.15) is 5.82 Å². The quantitative estimate of drug-likeness (QED) is 0.867. The summed E-state index contributed by atoms with van der Waals surface area (Å²) in [6.45, 7) is 5.56. The van der Waals surface area contributed by atoms with Crippen molar-refractivity contribution in [3.8, 4) is 0 Å². The van der Waals surface area contributed by atoms with E-state index in [0.29, 0.717) is 6.04 Å². The normalized spacial score (nSPS) is 19.1. The topological polar surface area (TPSA) is 28.2 Å². The van der Waals surface area contributed by atoms with Gasteiger partial charge in [-0.2, -0.15) is 0 Å². The highest BCUT2D eigenvalue weighted by molar-refractivity contribution is 5.10. The average Bonchev–Trinajstić information content (AvgIpc) is 2.49. The zero-order valence-electron chi connectivity index (χ0n) is 12.6. The molecule has 2 rings (SSSR count). The van der Waals surface area contributed by atoms with Gasteiger partial charge in [-0.05, 0) is 70.4 Å². The lowest BCUT2D eigenvalue weighted by Crippen LogP contribution is -2.37. The smallest absolute Gasteiger partial charge is 0.141 e. The fourth-order valence-electron chi connectivity index (χ4n) is 3.14. The van der Waals surface area contributed by atoms with E-state index in [0.717, 1.165) is 37.7 Å². The van der Waals surface area contributed by atoms with Crippen molar-refractivity contribution < 1.29 is 4.39 Å². The lowest BCUT2D eigenvalue weighted by Gasteiger charge is -2.37. The molecule has 1 atom stereocenters. The Morgan fingerprint density at radius 1 is 1.40 bits per heavy atom. The number of aromatic nitrogens is 1. The van der Waals surface area contributed by atoms with Crippen LogP contribution >= 0.6 is 0 Å². The molecule has 0 amide bonds. The lowest BCUT2D eigenvalue weighted by atomic mass is 9.92. The Bertz CT molecular complexity index is 385. The fraction of sp³-hybridized carbons (Fsp3) is 0.688. The van der Waals surface area contributed by atoms with Crippen molar-refractivity contribution >= 4 is 0 Å². The summed E-state index contributed by atoms with van der Waals surface area (Å²) >= 11 is 0. The van der Waals surface area contributed by atoms with Gasteiger partial charge in [0, 0.05) is 0 Å². The molecule has 1 aliphatic rings. The molecule has 20 heavy (non-hydrogen) atoms. The zero-order valence-corrected chi connectivity index (χ0v) is 12.6. The molecular weight excluding hydrogens is 253 g/mol. The molecule has 1 unspecified atom stereocenters. The number of hydrogen-bond donors (Lipinski definition) is 1. The van der Waals surface area contributed by atoms with Gasteiger partial charge in [0.15, 0.2) is 0 Å². The van der Waals surface area contributed by atoms with Gasteiger partial charge in [-0.1, -0.05) is 6.92 Å². The largest absolute Gasteiger partial charge is 0.320 e. The molecule has 0 radical (unpaired) electrons. The minimum Gasteiger partial charge on any atom is -0.320 e. The summed E-state index contributed by atoms with van der Waals surface area (Å²) in [5, 5.41) is 3.23. The van der Waals surface area contributed by atoms with Crippen LogP contribution in [0.5, 0.6) is 0 Å². The van der Waals surface area contributed by atoms with E-state index < -0.39 is 0 Å². The summed E-state index contributed by atoms with van der Waals surface area (Å²) in [4.78, 5) is 6.78. The number of likely N-dealkylation sites (tertiary alicyclic amines) is 1. The fourth-order valence-corrected chi connectivity index (χ4v) is 3.14. The molecule has 1 fully saturated rings. The van der Waals surface area contributed by atoms with Crippen LogP contribution < -0.4 is 5.32 Å². The van der Waals surface area contributed by atoms with Crippen molar-refractivity contribution in [3.63, 3.8) is 0 Å². The molecule has 1 N–H and O–H groups in total. The number of halogens is 1. The molecule has 0 aromatic carbocycles.